The van der Waals surface area contributed by atoms with Crippen LogP contribution in [0.4, 0.5) is 0 Å². The molecule has 0 amide bonds. The summed E-state index contributed by atoms with van der Waals surface area (Å²) in [6.07, 6.45) is 3.10. The fourth-order valence-electron chi connectivity index (χ4n) is 2.00. The third kappa shape index (κ3) is 7.14. The molecular weight excluding hydrogens is 287 g/mol. The SMILES string of the molecule is CC(CCCCCCl)=C(C(=O)O)P(=O)(O)CC(C)C. The van der Waals surface area contributed by atoms with Gasteiger partial charge in [-0.3, -0.25) is 4.57 Å². The molecule has 0 saturated heterocycles. The molecule has 0 fully saturated rings. The molecule has 2 N–H and O–H groups in total. The predicted octanol–water partition coefficient (Wildman–Crippen LogP) is 4.07. The number of hydrogen-bond donors (Lipinski definition) is 2. The molecule has 0 spiro atoms. The fourth-order valence-corrected chi connectivity index (χ4v) is 4.36. The van der Waals surface area contributed by atoms with Crippen molar-refractivity contribution in [1.29, 1.82) is 0 Å². The molecule has 0 aliphatic rings. The number of alkyl halides is 1. The van der Waals surface area contributed by atoms with Gasteiger partial charge in [0, 0.05) is 12.0 Å². The van der Waals surface area contributed by atoms with Gasteiger partial charge in [-0.15, -0.1) is 11.6 Å². The number of carboxylic acid groups (broad SMARTS) is 1. The van der Waals surface area contributed by atoms with Crippen LogP contribution in [0.25, 0.3) is 0 Å². The Kier molecular flexibility index (Phi) is 8.64. The number of allylic oxidation sites excluding steroid dienone is 1. The van der Waals surface area contributed by atoms with E-state index in [1.54, 1.807) is 20.8 Å². The third-order valence-corrected chi connectivity index (χ3v) is 5.52. The molecule has 0 aromatic carbocycles. The van der Waals surface area contributed by atoms with Gasteiger partial charge >= 0.3 is 5.97 Å². The highest BCUT2D eigenvalue weighted by molar-refractivity contribution is 7.63. The van der Waals surface area contributed by atoms with Gasteiger partial charge in [-0.25, -0.2) is 4.79 Å². The highest BCUT2D eigenvalue weighted by Gasteiger charge is 2.32. The number of hydrogen-bond acceptors (Lipinski definition) is 2. The number of rotatable bonds is 9. The van der Waals surface area contributed by atoms with E-state index in [4.69, 9.17) is 11.6 Å². The quantitative estimate of drug-likeness (QED) is 0.291. The molecule has 4 nitrogen and oxygen atoms in total. The molecule has 19 heavy (non-hydrogen) atoms. The second-order valence-electron chi connectivity index (χ2n) is 5.21. The van der Waals surface area contributed by atoms with Crippen molar-refractivity contribution in [2.24, 2.45) is 5.92 Å². The minimum absolute atomic E-state index is 0.00759. The van der Waals surface area contributed by atoms with Gasteiger partial charge in [-0.2, -0.15) is 0 Å². The molecule has 0 heterocycles. The lowest BCUT2D eigenvalue weighted by molar-refractivity contribution is -0.132. The maximum atomic E-state index is 12.2. The average Bonchev–Trinajstić information content (AvgIpc) is 2.21. The largest absolute Gasteiger partial charge is 0.477 e. The van der Waals surface area contributed by atoms with Gasteiger partial charge in [0.1, 0.15) is 5.31 Å². The minimum Gasteiger partial charge on any atom is -0.477 e. The van der Waals surface area contributed by atoms with Crippen molar-refractivity contribution in [2.45, 2.75) is 46.5 Å². The zero-order valence-corrected chi connectivity index (χ0v) is 13.5. The maximum absolute atomic E-state index is 12.2. The van der Waals surface area contributed by atoms with Gasteiger partial charge in [-0.1, -0.05) is 25.8 Å². The fraction of sp³-hybridized carbons (Fsp3) is 0.769. The van der Waals surface area contributed by atoms with Gasteiger partial charge in [0.25, 0.3) is 0 Å². The Morgan fingerprint density at radius 2 is 1.84 bits per heavy atom. The van der Waals surface area contributed by atoms with Crippen LogP contribution in [-0.2, 0) is 9.36 Å². The van der Waals surface area contributed by atoms with Crippen molar-refractivity contribution in [1.82, 2.24) is 0 Å². The normalized spacial score (nSPS) is 16.1. The molecule has 0 saturated carbocycles. The highest BCUT2D eigenvalue weighted by atomic mass is 35.5. The molecule has 1 unspecified atom stereocenters. The van der Waals surface area contributed by atoms with E-state index in [0.29, 0.717) is 17.9 Å². The Bertz CT molecular complexity index is 377. The molecule has 0 rings (SSSR count). The molecule has 0 radical (unpaired) electrons. The molecule has 0 aromatic rings. The molecule has 0 aliphatic heterocycles. The molecule has 1 atom stereocenters. The average molecular weight is 311 g/mol. The summed E-state index contributed by atoms with van der Waals surface area (Å²) in [7, 11) is -3.77. The van der Waals surface area contributed by atoms with Crippen LogP contribution < -0.4 is 0 Å². The van der Waals surface area contributed by atoms with Crippen molar-refractivity contribution in [2.75, 3.05) is 12.0 Å². The topological polar surface area (TPSA) is 74.6 Å². The summed E-state index contributed by atoms with van der Waals surface area (Å²) < 4.78 is 12.2. The zero-order valence-electron chi connectivity index (χ0n) is 11.9. The number of aliphatic carboxylic acids is 1. The molecule has 0 aliphatic carbocycles. The van der Waals surface area contributed by atoms with E-state index >= 15 is 0 Å². The first kappa shape index (κ1) is 18.7. The number of unbranched alkanes of at least 4 members (excludes halogenated alkanes) is 2. The van der Waals surface area contributed by atoms with Crippen molar-refractivity contribution in [3.8, 4) is 0 Å². The minimum atomic E-state index is -3.77. The van der Waals surface area contributed by atoms with Crippen molar-refractivity contribution in [3.05, 3.63) is 10.9 Å². The second-order valence-corrected chi connectivity index (χ2v) is 7.81. The Hall–Kier alpha value is -0.310. The monoisotopic (exact) mass is 310 g/mol. The molecule has 6 heteroatoms. The molecule has 0 aromatic heterocycles. The van der Waals surface area contributed by atoms with E-state index in [9.17, 15) is 19.4 Å². The van der Waals surface area contributed by atoms with E-state index in [0.717, 1.165) is 19.3 Å². The van der Waals surface area contributed by atoms with E-state index in [1.807, 2.05) is 0 Å². The summed E-state index contributed by atoms with van der Waals surface area (Å²) in [5.74, 6) is -0.712. The summed E-state index contributed by atoms with van der Waals surface area (Å²) in [6, 6.07) is 0. The van der Waals surface area contributed by atoms with Crippen molar-refractivity contribution < 1.29 is 19.4 Å². The second kappa shape index (κ2) is 8.78. The van der Waals surface area contributed by atoms with E-state index in [1.165, 1.54) is 0 Å². The van der Waals surface area contributed by atoms with Crippen molar-refractivity contribution in [3.63, 3.8) is 0 Å². The number of carboxylic acids is 1. The van der Waals surface area contributed by atoms with Crippen LogP contribution in [0.3, 0.4) is 0 Å². The van der Waals surface area contributed by atoms with E-state index in [-0.39, 0.29) is 17.4 Å². The van der Waals surface area contributed by atoms with Gasteiger partial charge < -0.3 is 10.00 Å². The van der Waals surface area contributed by atoms with E-state index in [2.05, 4.69) is 0 Å². The first-order valence-electron chi connectivity index (χ1n) is 6.53. The van der Waals surface area contributed by atoms with Gasteiger partial charge in [-0.05, 0) is 32.1 Å². The summed E-state index contributed by atoms with van der Waals surface area (Å²) >= 11 is 5.57. The lowest BCUT2D eigenvalue weighted by Crippen LogP contribution is -2.09. The van der Waals surface area contributed by atoms with E-state index < -0.39 is 13.3 Å². The Balaban J connectivity index is 4.96. The lowest BCUT2D eigenvalue weighted by atomic mass is 10.1. The van der Waals surface area contributed by atoms with Crippen LogP contribution >= 0.6 is 19.0 Å². The lowest BCUT2D eigenvalue weighted by Gasteiger charge is -2.17. The van der Waals surface area contributed by atoms with Crippen LogP contribution in [0.5, 0.6) is 0 Å². The van der Waals surface area contributed by atoms with Gasteiger partial charge in [0.15, 0.2) is 0 Å². The number of carbonyl (C=O) groups is 1. The Morgan fingerprint density at radius 3 is 2.26 bits per heavy atom. The van der Waals surface area contributed by atoms with Crippen LogP contribution in [-0.4, -0.2) is 28.0 Å². The predicted molar refractivity (Wildman–Crippen MR) is 79.1 cm³/mol. The van der Waals surface area contributed by atoms with Crippen LogP contribution in [0, 0.1) is 5.92 Å². The molecule has 112 valence electrons. The summed E-state index contributed by atoms with van der Waals surface area (Å²) in [5.41, 5.74) is 0.508. The Morgan fingerprint density at radius 1 is 1.26 bits per heavy atom. The number of halogens is 1. The van der Waals surface area contributed by atoms with Crippen molar-refractivity contribution >= 4 is 24.9 Å². The summed E-state index contributed by atoms with van der Waals surface area (Å²) in [5, 5.41) is 8.90. The van der Waals surface area contributed by atoms with Gasteiger partial charge in [0.2, 0.25) is 7.37 Å². The first-order valence-corrected chi connectivity index (χ1v) is 8.91. The smallest absolute Gasteiger partial charge is 0.341 e. The van der Waals surface area contributed by atoms with Crippen LogP contribution in [0.15, 0.2) is 10.9 Å². The van der Waals surface area contributed by atoms with Crippen LogP contribution in [0.1, 0.15) is 46.5 Å². The molecular formula is C13H24ClO4P. The summed E-state index contributed by atoms with van der Waals surface area (Å²) in [6.45, 7) is 5.24. The highest BCUT2D eigenvalue weighted by Crippen LogP contribution is 2.52. The first-order chi connectivity index (χ1) is 8.72. The van der Waals surface area contributed by atoms with Gasteiger partial charge in [0.05, 0.1) is 0 Å². The molecule has 0 bridgehead atoms. The summed E-state index contributed by atoms with van der Waals surface area (Å²) in [4.78, 5) is 21.2. The standard InChI is InChI=1S/C13H24ClO4P/c1-10(2)9-19(17,18)12(13(15)16)11(3)7-5-4-6-8-14/h10H,4-9H2,1-3H3,(H,15,16)(H,17,18). The van der Waals surface area contributed by atoms with Crippen LogP contribution in [0.2, 0.25) is 0 Å². The Labute approximate surface area is 120 Å². The zero-order chi connectivity index (χ0) is 15.1. The third-order valence-electron chi connectivity index (χ3n) is 2.75. The maximum Gasteiger partial charge on any atom is 0.341 e.